The van der Waals surface area contributed by atoms with Gasteiger partial charge in [0.1, 0.15) is 5.75 Å². The summed E-state index contributed by atoms with van der Waals surface area (Å²) < 4.78 is 7.36. The number of aryl methyl sites for hydroxylation is 1. The Balaban J connectivity index is 1.86. The van der Waals surface area contributed by atoms with Crippen LogP contribution in [0.2, 0.25) is 0 Å². The average molecular weight is 286 g/mol. The molecule has 0 aliphatic carbocycles. The molecule has 0 bridgehead atoms. The van der Waals surface area contributed by atoms with Crippen LogP contribution in [-0.4, -0.2) is 11.2 Å². The van der Waals surface area contributed by atoms with Gasteiger partial charge in [0.2, 0.25) is 0 Å². The molecule has 2 rings (SSSR count). The van der Waals surface area contributed by atoms with Crippen LogP contribution in [0.25, 0.3) is 0 Å². The average Bonchev–Trinajstić information content (AvgIpc) is 2.47. The molecule has 1 heterocycles. The van der Waals surface area contributed by atoms with Crippen LogP contribution in [0.15, 0.2) is 47.4 Å². The number of nitrogens with two attached hydrogens (primary N) is 1. The molecule has 1 aromatic heterocycles. The lowest BCUT2D eigenvalue weighted by molar-refractivity contribution is 0.300. The second kappa shape index (κ2) is 6.97. The third kappa shape index (κ3) is 4.38. The van der Waals surface area contributed by atoms with E-state index in [4.69, 9.17) is 10.5 Å². The van der Waals surface area contributed by atoms with Crippen LogP contribution in [0.5, 0.6) is 5.75 Å². The summed E-state index contributed by atoms with van der Waals surface area (Å²) in [5.74, 6) is 1.36. The zero-order valence-corrected chi connectivity index (χ0v) is 12.6. The van der Waals surface area contributed by atoms with Crippen molar-refractivity contribution in [2.24, 2.45) is 0 Å². The lowest BCUT2D eigenvalue weighted by Gasteiger charge is -2.10. The third-order valence-electron chi connectivity index (χ3n) is 3.34. The molecule has 0 atom stereocenters. The van der Waals surface area contributed by atoms with Crippen LogP contribution in [0, 0.1) is 0 Å². The van der Waals surface area contributed by atoms with E-state index < -0.39 is 0 Å². The lowest BCUT2D eigenvalue weighted by atomic mass is 10.0. The highest BCUT2D eigenvalue weighted by Gasteiger charge is 2.01. The Morgan fingerprint density at radius 2 is 2.05 bits per heavy atom. The largest absolute Gasteiger partial charge is 0.494 e. The molecule has 4 heteroatoms. The first-order chi connectivity index (χ1) is 10.1. The maximum atomic E-state index is 11.6. The van der Waals surface area contributed by atoms with Gasteiger partial charge in [-0.2, -0.15) is 0 Å². The summed E-state index contributed by atoms with van der Waals surface area (Å²) in [5, 5.41) is 0. The zero-order chi connectivity index (χ0) is 15.2. The summed E-state index contributed by atoms with van der Waals surface area (Å²) in [6.45, 7) is 5.49. The molecule has 21 heavy (non-hydrogen) atoms. The van der Waals surface area contributed by atoms with Crippen molar-refractivity contribution in [2.75, 3.05) is 12.3 Å². The summed E-state index contributed by atoms with van der Waals surface area (Å²) in [6.07, 6.45) is 2.43. The van der Waals surface area contributed by atoms with Gasteiger partial charge < -0.3 is 15.0 Å². The molecule has 2 N–H and O–H groups in total. The minimum atomic E-state index is -0.0361. The first kappa shape index (κ1) is 15.2. The van der Waals surface area contributed by atoms with E-state index in [1.165, 1.54) is 11.6 Å². The Hall–Kier alpha value is -2.23. The van der Waals surface area contributed by atoms with Gasteiger partial charge in [-0.05, 0) is 36.1 Å². The van der Waals surface area contributed by atoms with Gasteiger partial charge in [0.05, 0.1) is 6.61 Å². The summed E-state index contributed by atoms with van der Waals surface area (Å²) in [6, 6.07) is 11.2. The van der Waals surface area contributed by atoms with E-state index in [9.17, 15) is 4.79 Å². The van der Waals surface area contributed by atoms with Crippen LogP contribution in [-0.2, 0) is 6.54 Å². The molecule has 4 nitrogen and oxygen atoms in total. The monoisotopic (exact) mass is 286 g/mol. The third-order valence-corrected chi connectivity index (χ3v) is 3.34. The Bertz CT molecular complexity index is 647. The first-order valence-electron chi connectivity index (χ1n) is 7.25. The minimum Gasteiger partial charge on any atom is -0.494 e. The topological polar surface area (TPSA) is 57.2 Å². The van der Waals surface area contributed by atoms with E-state index in [-0.39, 0.29) is 5.56 Å². The number of rotatable bonds is 6. The number of nitrogen functional groups attached to an aromatic ring is 1. The maximum Gasteiger partial charge on any atom is 0.250 e. The van der Waals surface area contributed by atoms with E-state index in [0.29, 0.717) is 24.8 Å². The summed E-state index contributed by atoms with van der Waals surface area (Å²) >= 11 is 0. The number of anilines is 1. The van der Waals surface area contributed by atoms with E-state index in [1.807, 2.05) is 12.1 Å². The number of hydrogen-bond donors (Lipinski definition) is 1. The standard InChI is InChI=1S/C17H22N2O2/c1-13(2)14-5-3-6-16(11-14)21-10-4-9-19-12-15(18)7-8-17(19)20/h3,5-8,11-13H,4,9-10,18H2,1-2H3. The molecule has 0 saturated heterocycles. The highest BCUT2D eigenvalue weighted by molar-refractivity contribution is 5.33. The van der Waals surface area contributed by atoms with Crippen LogP contribution in [0.1, 0.15) is 31.7 Å². The molecule has 0 radical (unpaired) electrons. The van der Waals surface area contributed by atoms with E-state index in [1.54, 1.807) is 16.8 Å². The summed E-state index contributed by atoms with van der Waals surface area (Å²) in [5.41, 5.74) is 7.50. The Morgan fingerprint density at radius 1 is 1.24 bits per heavy atom. The van der Waals surface area contributed by atoms with Gasteiger partial charge in [0.25, 0.3) is 5.56 Å². The maximum absolute atomic E-state index is 11.6. The fourth-order valence-electron chi connectivity index (χ4n) is 2.11. The first-order valence-corrected chi connectivity index (χ1v) is 7.25. The van der Waals surface area contributed by atoms with Crippen molar-refractivity contribution in [3.05, 3.63) is 58.5 Å². The quantitative estimate of drug-likeness (QED) is 0.830. The molecule has 1 aromatic carbocycles. The fourth-order valence-corrected chi connectivity index (χ4v) is 2.11. The smallest absolute Gasteiger partial charge is 0.250 e. The molecule has 0 spiro atoms. The zero-order valence-electron chi connectivity index (χ0n) is 12.6. The molecule has 0 aliphatic heterocycles. The second-order valence-electron chi connectivity index (χ2n) is 5.42. The van der Waals surface area contributed by atoms with Crippen molar-refractivity contribution in [3.8, 4) is 5.75 Å². The van der Waals surface area contributed by atoms with Crippen molar-refractivity contribution < 1.29 is 4.74 Å². The van der Waals surface area contributed by atoms with Crippen molar-refractivity contribution in [3.63, 3.8) is 0 Å². The fraction of sp³-hybridized carbons (Fsp3) is 0.353. The van der Waals surface area contributed by atoms with Crippen LogP contribution in [0.3, 0.4) is 0 Å². The molecule has 0 amide bonds. The van der Waals surface area contributed by atoms with E-state index in [0.717, 1.165) is 12.2 Å². The van der Waals surface area contributed by atoms with Gasteiger partial charge in [-0.25, -0.2) is 0 Å². The molecular weight excluding hydrogens is 264 g/mol. The number of benzene rings is 1. The molecule has 112 valence electrons. The Morgan fingerprint density at radius 3 is 2.81 bits per heavy atom. The predicted molar refractivity (Wildman–Crippen MR) is 85.8 cm³/mol. The number of nitrogens with zero attached hydrogens (tertiary/aromatic N) is 1. The van der Waals surface area contributed by atoms with Gasteiger partial charge in [-0.15, -0.1) is 0 Å². The highest BCUT2D eigenvalue weighted by Crippen LogP contribution is 2.20. The Labute approximate surface area is 125 Å². The van der Waals surface area contributed by atoms with Crippen molar-refractivity contribution >= 4 is 5.69 Å². The van der Waals surface area contributed by atoms with Crippen molar-refractivity contribution in [2.45, 2.75) is 32.7 Å². The van der Waals surface area contributed by atoms with Gasteiger partial charge in [0.15, 0.2) is 0 Å². The molecule has 0 fully saturated rings. The Kier molecular flexibility index (Phi) is 5.04. The van der Waals surface area contributed by atoms with Gasteiger partial charge in [-0.1, -0.05) is 26.0 Å². The van der Waals surface area contributed by atoms with Crippen LogP contribution < -0.4 is 16.0 Å². The minimum absolute atomic E-state index is 0.0361. The van der Waals surface area contributed by atoms with Crippen molar-refractivity contribution in [1.29, 1.82) is 0 Å². The van der Waals surface area contributed by atoms with Crippen molar-refractivity contribution in [1.82, 2.24) is 4.57 Å². The summed E-state index contributed by atoms with van der Waals surface area (Å²) in [4.78, 5) is 11.6. The van der Waals surface area contributed by atoms with Crippen LogP contribution in [0.4, 0.5) is 5.69 Å². The van der Waals surface area contributed by atoms with Gasteiger partial charge in [0, 0.05) is 24.5 Å². The number of hydrogen-bond acceptors (Lipinski definition) is 3. The second-order valence-corrected chi connectivity index (χ2v) is 5.42. The van der Waals surface area contributed by atoms with Crippen LogP contribution >= 0.6 is 0 Å². The highest BCUT2D eigenvalue weighted by atomic mass is 16.5. The lowest BCUT2D eigenvalue weighted by Crippen LogP contribution is -2.20. The predicted octanol–water partition coefficient (Wildman–Crippen LogP) is 3.02. The van der Waals surface area contributed by atoms with E-state index >= 15 is 0 Å². The molecule has 0 aliphatic rings. The molecule has 0 saturated carbocycles. The summed E-state index contributed by atoms with van der Waals surface area (Å²) in [7, 11) is 0. The van der Waals surface area contributed by atoms with Gasteiger partial charge >= 0.3 is 0 Å². The van der Waals surface area contributed by atoms with E-state index in [2.05, 4.69) is 26.0 Å². The molecular formula is C17H22N2O2. The SMILES string of the molecule is CC(C)c1cccc(OCCCn2cc(N)ccc2=O)c1. The number of ether oxygens (including phenoxy) is 1. The van der Waals surface area contributed by atoms with Gasteiger partial charge in [-0.3, -0.25) is 4.79 Å². The number of pyridine rings is 1. The molecule has 2 aromatic rings. The molecule has 0 unspecified atom stereocenters. The number of aromatic nitrogens is 1. The normalized spacial score (nSPS) is 10.8.